The van der Waals surface area contributed by atoms with Crippen molar-refractivity contribution in [3.8, 4) is 5.75 Å². The summed E-state index contributed by atoms with van der Waals surface area (Å²) in [5.41, 5.74) is 6.73. The van der Waals surface area contributed by atoms with Crippen LogP contribution in [0.25, 0.3) is 0 Å². The molecule has 4 aromatic rings. The highest BCUT2D eigenvalue weighted by Gasteiger charge is 2.39. The average molecular weight is 825 g/mol. The Morgan fingerprint density at radius 1 is 0.914 bits per heavy atom. The van der Waals surface area contributed by atoms with Crippen molar-refractivity contribution in [2.45, 2.75) is 89.3 Å². The molecule has 3 aliphatic heterocycles. The van der Waals surface area contributed by atoms with Crippen LogP contribution in [0.4, 0.5) is 5.69 Å². The van der Waals surface area contributed by atoms with Crippen LogP contribution in [0.15, 0.2) is 66.9 Å². The van der Waals surface area contributed by atoms with Crippen LogP contribution in [0.1, 0.15) is 95.5 Å². The minimum Gasteiger partial charge on any atom is -0.496 e. The van der Waals surface area contributed by atoms with Crippen LogP contribution in [0.5, 0.6) is 5.75 Å². The number of imide groups is 1. The molecule has 1 unspecified atom stereocenters. The average Bonchev–Trinajstić information content (AvgIpc) is 3.55. The standard InChI is InChI=1S/C45H54ClN6O5P/c1-57-40-27-34(17-16-31(40)26-42-48-28-37(46)38(49-42)25-32-12-7-8-15-41(32)58(2,3)56)51-23-20-33(21-24-51)47-22-9-5-4-6-11-30-13-10-14-35-36(30)29-52(45(35)55)39-18-19-43(53)50-44(39)54/h7-8,10,12-17,27-28,33,39,47H,4-6,9,11,18-26,29H2,1-3H3,(H,50,53,54). The van der Waals surface area contributed by atoms with E-state index < -0.39 is 13.2 Å². The number of methoxy groups -OCH3 is 1. The quantitative estimate of drug-likeness (QED) is 0.0721. The van der Waals surface area contributed by atoms with Gasteiger partial charge in [-0.3, -0.25) is 19.7 Å². The number of halogens is 1. The molecule has 2 saturated heterocycles. The van der Waals surface area contributed by atoms with Crippen LogP contribution in [0, 0.1) is 0 Å². The zero-order chi connectivity index (χ0) is 40.8. The molecule has 0 spiro atoms. The van der Waals surface area contributed by atoms with Crippen LogP contribution in [0.2, 0.25) is 5.02 Å². The summed E-state index contributed by atoms with van der Waals surface area (Å²) in [5, 5.41) is 7.52. The van der Waals surface area contributed by atoms with Crippen LogP contribution in [0.3, 0.4) is 0 Å². The second kappa shape index (κ2) is 18.6. The third-order valence-corrected chi connectivity index (χ3v) is 13.7. The van der Waals surface area contributed by atoms with Gasteiger partial charge >= 0.3 is 0 Å². The zero-order valence-electron chi connectivity index (χ0n) is 33.8. The first-order chi connectivity index (χ1) is 28.0. The number of piperidine rings is 2. The number of benzene rings is 3. The Morgan fingerprint density at radius 2 is 1.69 bits per heavy atom. The zero-order valence-corrected chi connectivity index (χ0v) is 35.4. The largest absolute Gasteiger partial charge is 0.496 e. The number of aryl methyl sites for hydroxylation is 1. The van der Waals surface area contributed by atoms with E-state index >= 15 is 0 Å². The highest BCUT2D eigenvalue weighted by atomic mass is 35.5. The molecule has 3 aromatic carbocycles. The minimum atomic E-state index is -2.46. The third kappa shape index (κ3) is 9.82. The van der Waals surface area contributed by atoms with Crippen molar-refractivity contribution in [3.05, 3.63) is 111 Å². The summed E-state index contributed by atoms with van der Waals surface area (Å²) in [6, 6.07) is 20.0. The number of fused-ring (bicyclic) bond motifs is 1. The van der Waals surface area contributed by atoms with Gasteiger partial charge in [0.15, 0.2) is 0 Å². The molecule has 0 radical (unpaired) electrons. The van der Waals surface area contributed by atoms with Crippen LogP contribution >= 0.6 is 18.7 Å². The van der Waals surface area contributed by atoms with Crippen LogP contribution < -0.4 is 25.6 Å². The second-order valence-electron chi connectivity index (χ2n) is 16.1. The molecule has 0 bridgehead atoms. The van der Waals surface area contributed by atoms with Crippen molar-refractivity contribution in [3.63, 3.8) is 0 Å². The van der Waals surface area contributed by atoms with Crippen LogP contribution in [-0.4, -0.2) is 84.7 Å². The first-order valence-corrected chi connectivity index (χ1v) is 23.5. The molecular formula is C45H54ClN6O5P. The number of nitrogens with zero attached hydrogens (tertiary/aromatic N) is 4. The Balaban J connectivity index is 0.835. The van der Waals surface area contributed by atoms with Crippen molar-refractivity contribution < 1.29 is 23.7 Å². The molecule has 1 atom stereocenters. The minimum absolute atomic E-state index is 0.112. The van der Waals surface area contributed by atoms with E-state index in [1.54, 1.807) is 31.5 Å². The van der Waals surface area contributed by atoms with Gasteiger partial charge in [0.05, 0.1) is 17.8 Å². The molecule has 306 valence electrons. The number of amides is 3. The summed E-state index contributed by atoms with van der Waals surface area (Å²) < 4.78 is 18.8. The Morgan fingerprint density at radius 3 is 2.47 bits per heavy atom. The van der Waals surface area contributed by atoms with Gasteiger partial charge in [-0.05, 0) is 87.2 Å². The number of nitrogens with one attached hydrogen (secondary N) is 2. The van der Waals surface area contributed by atoms with Gasteiger partial charge in [-0.2, -0.15) is 0 Å². The lowest BCUT2D eigenvalue weighted by molar-refractivity contribution is -0.136. The maximum absolute atomic E-state index is 13.2. The number of aromatic nitrogens is 2. The Hall–Kier alpha value is -4.57. The van der Waals surface area contributed by atoms with Crippen molar-refractivity contribution in [1.82, 2.24) is 25.5 Å². The molecule has 4 heterocycles. The molecule has 58 heavy (non-hydrogen) atoms. The smallest absolute Gasteiger partial charge is 0.255 e. The lowest BCUT2D eigenvalue weighted by Gasteiger charge is -2.34. The first kappa shape index (κ1) is 41.6. The van der Waals surface area contributed by atoms with E-state index in [1.807, 2.05) is 36.4 Å². The SMILES string of the molecule is COc1cc(N2CCC(NCCCCCCc3cccc4c3CN(C3CCC(=O)NC3=O)C4=O)CC2)ccc1Cc1ncc(Cl)c(Cc2ccccc2P(C)(C)=O)n1. The number of carbonyl (C=O) groups is 3. The summed E-state index contributed by atoms with van der Waals surface area (Å²) in [6.45, 7) is 6.95. The highest BCUT2D eigenvalue weighted by Crippen LogP contribution is 2.37. The predicted octanol–water partition coefficient (Wildman–Crippen LogP) is 6.69. The molecule has 3 amide bonds. The number of unbranched alkanes of at least 4 members (excludes halogenated alkanes) is 3. The fourth-order valence-electron chi connectivity index (χ4n) is 8.59. The van der Waals surface area contributed by atoms with E-state index in [4.69, 9.17) is 21.3 Å². The fraction of sp³-hybridized carbons (Fsp3) is 0.444. The molecule has 7 rings (SSSR count). The van der Waals surface area contributed by atoms with Gasteiger partial charge in [0.2, 0.25) is 11.8 Å². The fourth-order valence-corrected chi connectivity index (χ4v) is 10.0. The van der Waals surface area contributed by atoms with Gasteiger partial charge < -0.3 is 24.4 Å². The van der Waals surface area contributed by atoms with Gasteiger partial charge in [0.1, 0.15) is 24.8 Å². The monoisotopic (exact) mass is 824 g/mol. The van der Waals surface area contributed by atoms with E-state index in [2.05, 4.69) is 44.8 Å². The van der Waals surface area contributed by atoms with Gasteiger partial charge in [-0.15, -0.1) is 0 Å². The predicted molar refractivity (Wildman–Crippen MR) is 229 cm³/mol. The molecule has 11 nitrogen and oxygen atoms in total. The molecule has 1 aromatic heterocycles. The second-order valence-corrected chi connectivity index (χ2v) is 19.7. The normalized spacial score (nSPS) is 17.4. The topological polar surface area (TPSA) is 134 Å². The lowest BCUT2D eigenvalue weighted by atomic mass is 9.98. The molecule has 0 saturated carbocycles. The number of rotatable bonds is 16. The summed E-state index contributed by atoms with van der Waals surface area (Å²) in [5.74, 6) is 0.708. The van der Waals surface area contributed by atoms with Crippen molar-refractivity contribution in [2.75, 3.05) is 45.0 Å². The van der Waals surface area contributed by atoms with E-state index in [1.165, 1.54) is 5.56 Å². The molecule has 0 aliphatic carbocycles. The summed E-state index contributed by atoms with van der Waals surface area (Å²) in [4.78, 5) is 50.7. The Bertz CT molecular complexity index is 2200. The van der Waals surface area contributed by atoms with E-state index in [9.17, 15) is 18.9 Å². The van der Waals surface area contributed by atoms with E-state index in [-0.39, 0.29) is 24.1 Å². The maximum Gasteiger partial charge on any atom is 0.255 e. The highest BCUT2D eigenvalue weighted by molar-refractivity contribution is 7.70. The maximum atomic E-state index is 13.2. The summed E-state index contributed by atoms with van der Waals surface area (Å²) in [6.07, 6.45) is 10.8. The molecule has 13 heteroatoms. The van der Waals surface area contributed by atoms with Crippen molar-refractivity contribution in [1.29, 1.82) is 0 Å². The van der Waals surface area contributed by atoms with Gasteiger partial charge in [0, 0.05) is 79.3 Å². The number of anilines is 1. The third-order valence-electron chi connectivity index (χ3n) is 11.8. The Labute approximate surface area is 346 Å². The lowest BCUT2D eigenvalue weighted by Crippen LogP contribution is -2.52. The molecular weight excluding hydrogens is 771 g/mol. The van der Waals surface area contributed by atoms with E-state index in [0.29, 0.717) is 54.0 Å². The van der Waals surface area contributed by atoms with Crippen molar-refractivity contribution in [2.24, 2.45) is 0 Å². The number of ether oxygens (including phenoxy) is 1. The van der Waals surface area contributed by atoms with Crippen molar-refractivity contribution >= 4 is 47.5 Å². The van der Waals surface area contributed by atoms with Gasteiger partial charge in [0.25, 0.3) is 5.91 Å². The molecule has 2 fully saturated rings. The van der Waals surface area contributed by atoms with Gasteiger partial charge in [-0.1, -0.05) is 66.9 Å². The molecule has 3 aliphatic rings. The molecule has 2 N–H and O–H groups in total. The first-order valence-electron chi connectivity index (χ1n) is 20.5. The van der Waals surface area contributed by atoms with Crippen LogP contribution in [-0.2, 0) is 40.0 Å². The van der Waals surface area contributed by atoms with E-state index in [0.717, 1.165) is 98.0 Å². The number of hydrogen-bond donors (Lipinski definition) is 2. The summed E-state index contributed by atoms with van der Waals surface area (Å²) in [7, 11) is -0.764. The summed E-state index contributed by atoms with van der Waals surface area (Å²) >= 11 is 6.56. The number of carbonyl (C=O) groups excluding carboxylic acids is 3. The number of hydrogen-bond acceptors (Lipinski definition) is 9. The van der Waals surface area contributed by atoms with Gasteiger partial charge in [-0.25, -0.2) is 9.97 Å². The Kier molecular flexibility index (Phi) is 13.3.